The smallest absolute Gasteiger partial charge is 0.263 e. The van der Waals surface area contributed by atoms with E-state index < -0.39 is 0 Å². The van der Waals surface area contributed by atoms with Crippen LogP contribution in [0.25, 0.3) is 10.2 Å². The molecule has 1 aliphatic rings. The van der Waals surface area contributed by atoms with Gasteiger partial charge in [0.1, 0.15) is 10.6 Å². The number of carbonyl (C=O) groups excluding carboxylic acids is 1. The highest BCUT2D eigenvalue weighted by Gasteiger charge is 2.22. The van der Waals surface area contributed by atoms with Gasteiger partial charge in [-0.3, -0.25) is 14.2 Å². The van der Waals surface area contributed by atoms with Crippen LogP contribution in [0.4, 0.5) is 5.69 Å². The van der Waals surface area contributed by atoms with Crippen molar-refractivity contribution in [1.82, 2.24) is 9.55 Å². The second kappa shape index (κ2) is 8.81. The third kappa shape index (κ3) is 3.98. The number of nitrogens with zero attached hydrogens (tertiary/aromatic N) is 2. The molecule has 0 radical (unpaired) electrons. The fourth-order valence-electron chi connectivity index (χ4n) is 3.84. The van der Waals surface area contributed by atoms with Crippen LogP contribution in [0, 0.1) is 6.92 Å². The van der Waals surface area contributed by atoms with E-state index in [1.165, 1.54) is 28.6 Å². The molecule has 8 heteroatoms. The minimum absolute atomic E-state index is 0.0187. The lowest BCUT2D eigenvalue weighted by Crippen LogP contribution is -2.24. The summed E-state index contributed by atoms with van der Waals surface area (Å²) in [6.45, 7) is 4.43. The number of anilines is 1. The first kappa shape index (κ1) is 20.9. The number of rotatable bonds is 6. The highest BCUT2D eigenvalue weighted by Crippen LogP contribution is 2.34. The van der Waals surface area contributed by atoms with Crippen LogP contribution in [0.15, 0.2) is 28.2 Å². The number of ether oxygens (including phenoxy) is 1. The summed E-state index contributed by atoms with van der Waals surface area (Å²) < 4.78 is 7.02. The number of benzene rings is 1. The third-order valence-corrected chi connectivity index (χ3v) is 7.48. The zero-order valence-electron chi connectivity index (χ0n) is 17.4. The molecule has 0 fully saturated rings. The Morgan fingerprint density at radius 3 is 2.90 bits per heavy atom. The number of methoxy groups -OCH3 is 1. The number of hydrogen-bond donors (Lipinski definition) is 1. The predicted molar refractivity (Wildman–Crippen MR) is 123 cm³/mol. The first-order chi connectivity index (χ1) is 14.5. The standard InChI is InChI=1S/C22H25N3O3S2/c1-4-25-21(27)19-14-7-5-6-8-17(14)30-20(19)24-22(25)29-12-18(26)23-15-11-13(2)9-10-16(15)28-3/h9-11H,4-8,12H2,1-3H3,(H,23,26). The average molecular weight is 444 g/mol. The molecule has 0 atom stereocenters. The van der Waals surface area contributed by atoms with Crippen LogP contribution in [0.5, 0.6) is 5.75 Å². The molecule has 1 aliphatic carbocycles. The Hall–Kier alpha value is -2.32. The Morgan fingerprint density at radius 1 is 1.33 bits per heavy atom. The van der Waals surface area contributed by atoms with E-state index in [2.05, 4.69) is 5.32 Å². The molecule has 2 heterocycles. The maximum absolute atomic E-state index is 13.2. The van der Waals surface area contributed by atoms with Crippen molar-refractivity contribution in [3.8, 4) is 5.75 Å². The number of hydrogen-bond acceptors (Lipinski definition) is 6. The predicted octanol–water partition coefficient (Wildman–Crippen LogP) is 4.40. The summed E-state index contributed by atoms with van der Waals surface area (Å²) in [5, 5.41) is 4.29. The normalized spacial score (nSPS) is 13.3. The van der Waals surface area contributed by atoms with Gasteiger partial charge in [0, 0.05) is 11.4 Å². The fourth-order valence-corrected chi connectivity index (χ4v) is 6.01. The monoisotopic (exact) mass is 443 g/mol. The molecule has 6 nitrogen and oxygen atoms in total. The lowest BCUT2D eigenvalue weighted by molar-refractivity contribution is -0.113. The summed E-state index contributed by atoms with van der Waals surface area (Å²) in [6, 6.07) is 5.65. The van der Waals surface area contributed by atoms with Gasteiger partial charge in [0.05, 0.1) is 23.9 Å². The van der Waals surface area contributed by atoms with Crippen molar-refractivity contribution >= 4 is 44.9 Å². The molecule has 0 bridgehead atoms. The van der Waals surface area contributed by atoms with Crippen molar-refractivity contribution < 1.29 is 9.53 Å². The number of fused-ring (bicyclic) bond motifs is 3. The summed E-state index contributed by atoms with van der Waals surface area (Å²) in [5.41, 5.74) is 2.89. The van der Waals surface area contributed by atoms with Gasteiger partial charge in [0.2, 0.25) is 5.91 Å². The number of thiophene rings is 1. The van der Waals surface area contributed by atoms with Crippen molar-refractivity contribution in [2.45, 2.75) is 51.2 Å². The number of amides is 1. The number of aryl methyl sites for hydroxylation is 3. The summed E-state index contributed by atoms with van der Waals surface area (Å²) in [7, 11) is 1.58. The van der Waals surface area contributed by atoms with Gasteiger partial charge in [0.25, 0.3) is 5.56 Å². The van der Waals surface area contributed by atoms with E-state index in [0.717, 1.165) is 35.0 Å². The Balaban J connectivity index is 1.57. The van der Waals surface area contributed by atoms with E-state index in [0.29, 0.717) is 23.1 Å². The number of nitrogens with one attached hydrogen (secondary N) is 1. The van der Waals surface area contributed by atoms with E-state index >= 15 is 0 Å². The zero-order chi connectivity index (χ0) is 21.3. The highest BCUT2D eigenvalue weighted by atomic mass is 32.2. The van der Waals surface area contributed by atoms with Crippen LogP contribution >= 0.6 is 23.1 Å². The van der Waals surface area contributed by atoms with Crippen LogP contribution in [0.2, 0.25) is 0 Å². The molecule has 30 heavy (non-hydrogen) atoms. The van der Waals surface area contributed by atoms with Gasteiger partial charge in [0.15, 0.2) is 5.16 Å². The molecule has 1 N–H and O–H groups in total. The number of carbonyl (C=O) groups is 1. The SMILES string of the molecule is CCn1c(SCC(=O)Nc2cc(C)ccc2OC)nc2sc3c(c2c1=O)CCCC3. The molecular formula is C22H25N3O3S2. The molecule has 1 amide bonds. The maximum atomic E-state index is 13.2. The Morgan fingerprint density at radius 2 is 2.13 bits per heavy atom. The summed E-state index contributed by atoms with van der Waals surface area (Å²) >= 11 is 2.93. The molecule has 0 spiro atoms. The van der Waals surface area contributed by atoms with Crippen LogP contribution < -0.4 is 15.6 Å². The van der Waals surface area contributed by atoms with E-state index in [-0.39, 0.29) is 17.2 Å². The zero-order valence-corrected chi connectivity index (χ0v) is 19.0. The second-order valence-corrected chi connectivity index (χ2v) is 9.40. The first-order valence-corrected chi connectivity index (χ1v) is 11.9. The molecule has 2 aromatic heterocycles. The van der Waals surface area contributed by atoms with Gasteiger partial charge in [-0.1, -0.05) is 17.8 Å². The number of aromatic nitrogens is 2. The highest BCUT2D eigenvalue weighted by molar-refractivity contribution is 7.99. The van der Waals surface area contributed by atoms with Gasteiger partial charge in [-0.2, -0.15) is 0 Å². The molecule has 0 saturated carbocycles. The van der Waals surface area contributed by atoms with Crippen molar-refractivity contribution in [2.24, 2.45) is 0 Å². The van der Waals surface area contributed by atoms with Crippen LogP contribution in [0.1, 0.15) is 35.8 Å². The lowest BCUT2D eigenvalue weighted by Gasteiger charge is -2.13. The van der Waals surface area contributed by atoms with E-state index in [1.807, 2.05) is 32.0 Å². The summed E-state index contributed by atoms with van der Waals surface area (Å²) in [5.74, 6) is 0.625. The van der Waals surface area contributed by atoms with E-state index in [1.54, 1.807) is 23.0 Å². The third-order valence-electron chi connectivity index (χ3n) is 5.32. The van der Waals surface area contributed by atoms with Crippen molar-refractivity contribution in [1.29, 1.82) is 0 Å². The van der Waals surface area contributed by atoms with Gasteiger partial charge in [-0.25, -0.2) is 4.98 Å². The van der Waals surface area contributed by atoms with Crippen molar-refractivity contribution in [3.63, 3.8) is 0 Å². The first-order valence-electron chi connectivity index (χ1n) is 10.1. The van der Waals surface area contributed by atoms with Crippen molar-refractivity contribution in [2.75, 3.05) is 18.2 Å². The number of thioether (sulfide) groups is 1. The quantitative estimate of drug-likeness (QED) is 0.451. The van der Waals surface area contributed by atoms with E-state index in [9.17, 15) is 9.59 Å². The second-order valence-electron chi connectivity index (χ2n) is 7.38. The van der Waals surface area contributed by atoms with Gasteiger partial charge >= 0.3 is 0 Å². The summed E-state index contributed by atoms with van der Waals surface area (Å²) in [6.07, 6.45) is 4.30. The molecule has 1 aromatic carbocycles. The molecule has 158 valence electrons. The molecule has 0 saturated heterocycles. The lowest BCUT2D eigenvalue weighted by atomic mass is 9.97. The molecule has 0 aliphatic heterocycles. The fraction of sp³-hybridized carbons (Fsp3) is 0.409. The maximum Gasteiger partial charge on any atom is 0.263 e. The Kier molecular flexibility index (Phi) is 6.15. The van der Waals surface area contributed by atoms with Crippen LogP contribution in [-0.2, 0) is 24.2 Å². The van der Waals surface area contributed by atoms with Crippen LogP contribution in [0.3, 0.4) is 0 Å². The Labute approximate surface area is 183 Å². The topological polar surface area (TPSA) is 73.2 Å². The van der Waals surface area contributed by atoms with Crippen LogP contribution in [-0.4, -0.2) is 28.3 Å². The van der Waals surface area contributed by atoms with Gasteiger partial charge in [-0.05, 0) is 62.8 Å². The van der Waals surface area contributed by atoms with E-state index in [4.69, 9.17) is 9.72 Å². The van der Waals surface area contributed by atoms with Crippen molar-refractivity contribution in [3.05, 3.63) is 44.6 Å². The van der Waals surface area contributed by atoms with Gasteiger partial charge < -0.3 is 10.1 Å². The minimum Gasteiger partial charge on any atom is -0.495 e. The minimum atomic E-state index is -0.161. The molecular weight excluding hydrogens is 418 g/mol. The summed E-state index contributed by atoms with van der Waals surface area (Å²) in [4.78, 5) is 32.6. The largest absolute Gasteiger partial charge is 0.495 e. The van der Waals surface area contributed by atoms with Gasteiger partial charge in [-0.15, -0.1) is 11.3 Å². The molecule has 4 rings (SSSR count). The molecule has 3 aromatic rings. The Bertz CT molecular complexity index is 1170. The molecule has 0 unspecified atom stereocenters. The average Bonchev–Trinajstić information content (AvgIpc) is 3.11.